The molecule has 5 heteroatoms. The monoisotopic (exact) mass is 357 g/mol. The normalized spacial score (nSPS) is 18.8. The number of piperazine rings is 1. The molecule has 0 radical (unpaired) electrons. The molecule has 0 aliphatic carbocycles. The van der Waals surface area contributed by atoms with Crippen molar-refractivity contribution < 1.29 is 9.59 Å². The number of aryl methyl sites for hydroxylation is 1. The average Bonchev–Trinajstić information content (AvgIpc) is 2.69. The van der Waals surface area contributed by atoms with E-state index in [0.29, 0.717) is 44.9 Å². The third-order valence-corrected chi connectivity index (χ3v) is 5.69. The Kier molecular flexibility index (Phi) is 6.67. The lowest BCUT2D eigenvalue weighted by molar-refractivity contribution is -0.139. The van der Waals surface area contributed by atoms with Crippen molar-refractivity contribution in [2.24, 2.45) is 5.92 Å². The van der Waals surface area contributed by atoms with Crippen LogP contribution in [0.1, 0.15) is 36.8 Å². The van der Waals surface area contributed by atoms with Crippen LogP contribution in [0.5, 0.6) is 0 Å². The summed E-state index contributed by atoms with van der Waals surface area (Å²) in [6.45, 7) is 6.87. The Labute approximate surface area is 156 Å². The number of piperidine rings is 1. The molecule has 1 aromatic rings. The summed E-state index contributed by atoms with van der Waals surface area (Å²) in [5.41, 5.74) is 2.26. The van der Waals surface area contributed by atoms with Gasteiger partial charge in [-0.15, -0.1) is 0 Å². The molecule has 0 saturated carbocycles. The van der Waals surface area contributed by atoms with Gasteiger partial charge < -0.3 is 15.1 Å². The molecule has 2 aliphatic heterocycles. The second-order valence-electron chi connectivity index (χ2n) is 7.66. The van der Waals surface area contributed by atoms with Gasteiger partial charge in [0, 0.05) is 32.6 Å². The summed E-state index contributed by atoms with van der Waals surface area (Å²) in [4.78, 5) is 28.8. The number of carbonyl (C=O) groups is 2. The van der Waals surface area contributed by atoms with E-state index in [-0.39, 0.29) is 11.8 Å². The summed E-state index contributed by atoms with van der Waals surface area (Å²) < 4.78 is 0. The fourth-order valence-electron chi connectivity index (χ4n) is 3.85. The second kappa shape index (κ2) is 9.17. The fraction of sp³-hybridized carbons (Fsp3) is 0.619. The van der Waals surface area contributed by atoms with E-state index in [1.54, 1.807) is 0 Å². The number of rotatable bonds is 5. The van der Waals surface area contributed by atoms with E-state index in [9.17, 15) is 9.59 Å². The molecular formula is C21H31N3O2. The van der Waals surface area contributed by atoms with Gasteiger partial charge in [-0.3, -0.25) is 9.59 Å². The van der Waals surface area contributed by atoms with Gasteiger partial charge in [-0.2, -0.15) is 0 Å². The smallest absolute Gasteiger partial charge is 0.227 e. The lowest BCUT2D eigenvalue weighted by Gasteiger charge is -2.35. The molecule has 2 saturated heterocycles. The zero-order valence-electron chi connectivity index (χ0n) is 15.9. The molecule has 1 aromatic carbocycles. The van der Waals surface area contributed by atoms with Crippen molar-refractivity contribution in [3.8, 4) is 0 Å². The molecule has 0 atom stereocenters. The number of nitrogens with zero attached hydrogens (tertiary/aromatic N) is 2. The number of nitrogens with one attached hydrogen (secondary N) is 1. The fourth-order valence-corrected chi connectivity index (χ4v) is 3.85. The van der Waals surface area contributed by atoms with Gasteiger partial charge in [0.15, 0.2) is 0 Å². The van der Waals surface area contributed by atoms with Gasteiger partial charge in [0.2, 0.25) is 11.8 Å². The number of hydrogen-bond donors (Lipinski definition) is 1. The lowest BCUT2D eigenvalue weighted by Crippen LogP contribution is -2.51. The molecule has 2 aliphatic rings. The van der Waals surface area contributed by atoms with Gasteiger partial charge in [0.25, 0.3) is 0 Å². The minimum atomic E-state index is 0.163. The van der Waals surface area contributed by atoms with Gasteiger partial charge in [0.05, 0.1) is 6.42 Å². The second-order valence-corrected chi connectivity index (χ2v) is 7.66. The Balaban J connectivity index is 1.39. The molecule has 3 rings (SSSR count). The van der Waals surface area contributed by atoms with Crippen LogP contribution in [0.4, 0.5) is 0 Å². The van der Waals surface area contributed by atoms with Crippen molar-refractivity contribution >= 4 is 11.8 Å². The predicted octanol–water partition coefficient (Wildman–Crippen LogP) is 1.99. The Morgan fingerprint density at radius 1 is 0.962 bits per heavy atom. The summed E-state index contributed by atoms with van der Waals surface area (Å²) in [5.74, 6) is 1.11. The van der Waals surface area contributed by atoms with Crippen molar-refractivity contribution in [1.82, 2.24) is 15.1 Å². The molecule has 0 aromatic heterocycles. The van der Waals surface area contributed by atoms with Crippen LogP contribution in [0.3, 0.4) is 0 Å². The Hall–Kier alpha value is -1.88. The lowest BCUT2D eigenvalue weighted by atomic mass is 9.93. The van der Waals surface area contributed by atoms with Crippen LogP contribution < -0.4 is 5.32 Å². The van der Waals surface area contributed by atoms with E-state index in [2.05, 4.69) is 5.32 Å². The van der Waals surface area contributed by atoms with Crippen molar-refractivity contribution in [2.45, 2.75) is 39.0 Å². The molecular weight excluding hydrogens is 326 g/mol. The highest BCUT2D eigenvalue weighted by Crippen LogP contribution is 2.19. The van der Waals surface area contributed by atoms with E-state index in [0.717, 1.165) is 25.1 Å². The molecule has 0 spiro atoms. The first-order valence-corrected chi connectivity index (χ1v) is 9.93. The van der Waals surface area contributed by atoms with E-state index >= 15 is 0 Å². The first kappa shape index (κ1) is 18.9. The summed E-state index contributed by atoms with van der Waals surface area (Å²) in [6.07, 6.45) is 4.49. The quantitative estimate of drug-likeness (QED) is 0.877. The summed E-state index contributed by atoms with van der Waals surface area (Å²) in [7, 11) is 0. The van der Waals surface area contributed by atoms with Gasteiger partial charge in [0.1, 0.15) is 0 Å². The van der Waals surface area contributed by atoms with Gasteiger partial charge in [-0.25, -0.2) is 0 Å². The van der Waals surface area contributed by atoms with Crippen LogP contribution in [0.2, 0.25) is 0 Å². The third-order valence-electron chi connectivity index (χ3n) is 5.69. The molecule has 2 fully saturated rings. The van der Waals surface area contributed by atoms with E-state index in [4.69, 9.17) is 0 Å². The molecule has 26 heavy (non-hydrogen) atoms. The predicted molar refractivity (Wildman–Crippen MR) is 103 cm³/mol. The zero-order valence-corrected chi connectivity index (χ0v) is 15.9. The van der Waals surface area contributed by atoms with Gasteiger partial charge in [-0.1, -0.05) is 29.8 Å². The van der Waals surface area contributed by atoms with E-state index < -0.39 is 0 Å². The summed E-state index contributed by atoms with van der Waals surface area (Å²) in [6, 6.07) is 8.13. The molecule has 2 amide bonds. The molecule has 142 valence electrons. The SMILES string of the molecule is Cc1ccc(CC(=O)N2CCN(C(=O)CCC3CCNCC3)CC2)cc1. The number of benzene rings is 1. The van der Waals surface area contributed by atoms with Crippen molar-refractivity contribution in [3.05, 3.63) is 35.4 Å². The number of hydrogen-bond acceptors (Lipinski definition) is 3. The van der Waals surface area contributed by atoms with Crippen LogP contribution >= 0.6 is 0 Å². The largest absolute Gasteiger partial charge is 0.339 e. The highest BCUT2D eigenvalue weighted by Gasteiger charge is 2.24. The Morgan fingerprint density at radius 3 is 2.15 bits per heavy atom. The maximum atomic E-state index is 12.5. The maximum absolute atomic E-state index is 12.5. The molecule has 0 bridgehead atoms. The third kappa shape index (κ3) is 5.31. The highest BCUT2D eigenvalue weighted by molar-refractivity contribution is 5.80. The topological polar surface area (TPSA) is 52.7 Å². The van der Waals surface area contributed by atoms with E-state index in [1.807, 2.05) is 41.0 Å². The molecule has 5 nitrogen and oxygen atoms in total. The average molecular weight is 357 g/mol. The zero-order chi connectivity index (χ0) is 18.4. The van der Waals surface area contributed by atoms with Crippen LogP contribution in [0.15, 0.2) is 24.3 Å². The number of carbonyl (C=O) groups excluding carboxylic acids is 2. The molecule has 2 heterocycles. The summed E-state index contributed by atoms with van der Waals surface area (Å²) >= 11 is 0. The van der Waals surface area contributed by atoms with Gasteiger partial charge in [-0.05, 0) is 50.8 Å². The van der Waals surface area contributed by atoms with Crippen molar-refractivity contribution in [1.29, 1.82) is 0 Å². The van der Waals surface area contributed by atoms with Crippen LogP contribution in [0, 0.1) is 12.8 Å². The van der Waals surface area contributed by atoms with E-state index in [1.165, 1.54) is 18.4 Å². The first-order chi connectivity index (χ1) is 12.6. The Bertz CT molecular complexity index is 600. The Morgan fingerprint density at radius 2 is 1.54 bits per heavy atom. The van der Waals surface area contributed by atoms with Crippen LogP contribution in [0.25, 0.3) is 0 Å². The minimum absolute atomic E-state index is 0.163. The molecule has 0 unspecified atom stereocenters. The van der Waals surface area contributed by atoms with Gasteiger partial charge >= 0.3 is 0 Å². The minimum Gasteiger partial charge on any atom is -0.339 e. The van der Waals surface area contributed by atoms with Crippen molar-refractivity contribution in [3.63, 3.8) is 0 Å². The first-order valence-electron chi connectivity index (χ1n) is 9.93. The maximum Gasteiger partial charge on any atom is 0.227 e. The van der Waals surface area contributed by atoms with Crippen LogP contribution in [-0.4, -0.2) is 60.9 Å². The summed E-state index contributed by atoms with van der Waals surface area (Å²) in [5, 5.41) is 3.37. The standard InChI is InChI=1S/C21H31N3O2/c1-17-2-4-19(5-3-17)16-21(26)24-14-12-23(13-15-24)20(25)7-6-18-8-10-22-11-9-18/h2-5,18,22H,6-16H2,1H3. The highest BCUT2D eigenvalue weighted by atomic mass is 16.2. The van der Waals surface area contributed by atoms with Crippen molar-refractivity contribution in [2.75, 3.05) is 39.3 Å². The molecule has 1 N–H and O–H groups in total. The van der Waals surface area contributed by atoms with Crippen LogP contribution in [-0.2, 0) is 16.0 Å². The number of amides is 2.